The van der Waals surface area contributed by atoms with Gasteiger partial charge >= 0.3 is 0 Å². The fourth-order valence-electron chi connectivity index (χ4n) is 6.62. The average Bonchev–Trinajstić information content (AvgIpc) is 3.62. The van der Waals surface area contributed by atoms with E-state index >= 15 is 0 Å². The number of hydrogen-bond donors (Lipinski definition) is 1. The number of benzene rings is 4. The summed E-state index contributed by atoms with van der Waals surface area (Å²) in [6.45, 7) is 4.28. The Balaban J connectivity index is 1.11. The van der Waals surface area contributed by atoms with Crippen molar-refractivity contribution in [2.75, 3.05) is 38.7 Å². The number of pyridine rings is 1. The molecule has 1 saturated heterocycles. The summed E-state index contributed by atoms with van der Waals surface area (Å²) in [5, 5.41) is 12.6. The maximum absolute atomic E-state index is 13.5. The molecule has 0 radical (unpaired) electrons. The Morgan fingerprint density at radius 2 is 1.66 bits per heavy atom. The van der Waals surface area contributed by atoms with E-state index in [1.54, 1.807) is 60.1 Å². The van der Waals surface area contributed by atoms with Crippen molar-refractivity contribution in [1.29, 1.82) is 0 Å². The largest absolute Gasteiger partial charge is 0.497 e. The molecule has 0 bridgehead atoms. The van der Waals surface area contributed by atoms with Crippen molar-refractivity contribution in [3.63, 3.8) is 0 Å². The fourth-order valence-corrected chi connectivity index (χ4v) is 6.82. The van der Waals surface area contributed by atoms with Crippen molar-refractivity contribution in [3.05, 3.63) is 153 Å². The van der Waals surface area contributed by atoms with Crippen LogP contribution in [0.1, 0.15) is 31.8 Å². The highest BCUT2D eigenvalue weighted by atomic mass is 35.5. The highest BCUT2D eigenvalue weighted by Gasteiger charge is 2.23. The van der Waals surface area contributed by atoms with E-state index in [9.17, 15) is 18.8 Å². The second-order valence-electron chi connectivity index (χ2n) is 13.4. The van der Waals surface area contributed by atoms with E-state index in [2.05, 4.69) is 10.4 Å². The van der Waals surface area contributed by atoms with E-state index in [1.807, 2.05) is 36.4 Å². The van der Waals surface area contributed by atoms with Gasteiger partial charge in [-0.15, -0.1) is 0 Å². The number of morpholine rings is 1. The number of fused-ring (bicyclic) bond motifs is 1. The molecule has 0 aliphatic carbocycles. The summed E-state index contributed by atoms with van der Waals surface area (Å²) in [5.41, 5.74) is 3.72. The van der Waals surface area contributed by atoms with Gasteiger partial charge in [-0.1, -0.05) is 35.9 Å². The van der Waals surface area contributed by atoms with Crippen LogP contribution in [0.5, 0.6) is 17.2 Å². The number of nitrogens with one attached hydrogen (secondary N) is 1. The van der Waals surface area contributed by atoms with Crippen molar-refractivity contribution in [3.8, 4) is 34.2 Å². The van der Waals surface area contributed by atoms with Crippen LogP contribution < -0.4 is 20.3 Å². The maximum atomic E-state index is 13.5. The molecule has 15 heteroatoms. The van der Waals surface area contributed by atoms with Crippen LogP contribution in [0.25, 0.3) is 28.0 Å². The monoisotopic (exact) mass is 799 g/mol. The Morgan fingerprint density at radius 1 is 0.914 bits per heavy atom. The van der Waals surface area contributed by atoms with E-state index in [4.69, 9.17) is 35.9 Å². The second-order valence-corrected chi connectivity index (χ2v) is 13.8. The summed E-state index contributed by atoms with van der Waals surface area (Å²) in [6, 6.07) is 26.4. The Hall–Kier alpha value is -6.90. The molecule has 1 N–H and O–H groups in total. The molecule has 7 aromatic rings. The quantitative estimate of drug-likeness (QED) is 0.151. The minimum absolute atomic E-state index is 0.0645. The van der Waals surface area contributed by atoms with Crippen LogP contribution in [0, 0.1) is 12.7 Å². The average molecular weight is 800 g/mol. The minimum Gasteiger partial charge on any atom is -0.497 e. The highest BCUT2D eigenvalue weighted by Crippen LogP contribution is 2.39. The summed E-state index contributed by atoms with van der Waals surface area (Å²) in [5.74, 6) is 0.339. The van der Waals surface area contributed by atoms with Crippen LogP contribution >= 0.6 is 11.6 Å². The topological polar surface area (TPSA) is 143 Å². The molecule has 1 aliphatic heterocycles. The zero-order chi connectivity index (χ0) is 40.3. The van der Waals surface area contributed by atoms with Gasteiger partial charge in [-0.2, -0.15) is 14.9 Å². The molecular weight excluding hydrogens is 765 g/mol. The van der Waals surface area contributed by atoms with Crippen LogP contribution in [0.4, 0.5) is 10.1 Å². The van der Waals surface area contributed by atoms with Gasteiger partial charge in [-0.25, -0.2) is 14.1 Å². The molecule has 13 nitrogen and oxygen atoms in total. The molecule has 1 fully saturated rings. The number of halogens is 2. The smallest absolute Gasteiger partial charge is 0.284 e. The van der Waals surface area contributed by atoms with Crippen molar-refractivity contribution in [2.45, 2.75) is 13.5 Å². The van der Waals surface area contributed by atoms with Gasteiger partial charge in [0.2, 0.25) is 0 Å². The van der Waals surface area contributed by atoms with Crippen molar-refractivity contribution in [2.24, 2.45) is 0 Å². The minimum atomic E-state index is -0.708. The molecule has 1 aliphatic rings. The van der Waals surface area contributed by atoms with E-state index < -0.39 is 17.3 Å². The Kier molecular flexibility index (Phi) is 10.7. The lowest BCUT2D eigenvalue weighted by molar-refractivity contribution is 0.0303. The van der Waals surface area contributed by atoms with Crippen molar-refractivity contribution in [1.82, 2.24) is 29.4 Å². The standard InChI is InChI=1S/C43H35ClFN7O6/c1-26-23-35(48-41(53)33-15-18-47-52(43(33)55)31-11-9-30(45)10-12-31)34(44)24-37(26)58-36-16-17-46-40-38(36)39(49-51(40)25-27-3-13-32(56-2)14-4-27)28-5-7-29(8-6-28)42(54)50-19-21-57-22-20-50/h3-18,23-24H,19-22,25H2,1-2H3,(H,48,53). The van der Waals surface area contributed by atoms with Crippen LogP contribution in [-0.2, 0) is 11.3 Å². The second kappa shape index (κ2) is 16.3. The predicted molar refractivity (Wildman–Crippen MR) is 216 cm³/mol. The SMILES string of the molecule is COc1ccc(Cn2nc(-c3ccc(C(=O)N4CCOCC4)cc3)c3c(Oc4cc(Cl)c(NC(=O)c5ccnn(-c6ccc(F)cc6)c5=O)cc4C)ccnc32)cc1. The number of aromatic nitrogens is 5. The molecule has 0 unspecified atom stereocenters. The van der Waals surface area contributed by atoms with Crippen molar-refractivity contribution >= 4 is 40.1 Å². The zero-order valence-corrected chi connectivity index (χ0v) is 32.1. The van der Waals surface area contributed by atoms with E-state index in [0.717, 1.165) is 21.6 Å². The van der Waals surface area contributed by atoms with Crippen molar-refractivity contribution < 1.29 is 28.2 Å². The number of carbonyl (C=O) groups is 2. The Bertz CT molecular complexity index is 2710. The number of methoxy groups -OCH3 is 1. The number of aryl methyl sites for hydroxylation is 1. The van der Waals surface area contributed by atoms with Crippen LogP contribution in [0.15, 0.2) is 114 Å². The first-order valence-electron chi connectivity index (χ1n) is 18.3. The Morgan fingerprint density at radius 3 is 2.38 bits per heavy atom. The third kappa shape index (κ3) is 7.75. The summed E-state index contributed by atoms with van der Waals surface area (Å²) < 4.78 is 33.6. The van der Waals surface area contributed by atoms with Crippen LogP contribution in [0.2, 0.25) is 5.02 Å². The molecule has 4 aromatic carbocycles. The van der Waals surface area contributed by atoms with Gasteiger partial charge in [-0.05, 0) is 84.8 Å². The van der Waals surface area contributed by atoms with Gasteiger partial charge in [0.05, 0.1) is 48.7 Å². The van der Waals surface area contributed by atoms with Crippen LogP contribution in [0.3, 0.4) is 0 Å². The number of ether oxygens (including phenoxy) is 3. The number of rotatable bonds is 10. The molecule has 58 heavy (non-hydrogen) atoms. The first-order chi connectivity index (χ1) is 28.2. The third-order valence-corrected chi connectivity index (χ3v) is 10.00. The summed E-state index contributed by atoms with van der Waals surface area (Å²) in [7, 11) is 1.62. The normalized spacial score (nSPS) is 12.7. The Labute approximate surface area is 336 Å². The number of amides is 2. The fraction of sp³-hybridized carbons (Fsp3) is 0.163. The molecule has 8 rings (SSSR count). The molecule has 292 valence electrons. The summed E-state index contributed by atoms with van der Waals surface area (Å²) >= 11 is 6.74. The van der Waals surface area contributed by atoms with Gasteiger partial charge < -0.3 is 24.4 Å². The highest BCUT2D eigenvalue weighted by molar-refractivity contribution is 6.34. The molecular formula is C43H35ClFN7O6. The first kappa shape index (κ1) is 38.0. The molecule has 4 heterocycles. The summed E-state index contributed by atoms with van der Waals surface area (Å²) in [6.07, 6.45) is 2.95. The van der Waals surface area contributed by atoms with Crippen LogP contribution in [-0.4, -0.2) is 74.7 Å². The number of carbonyl (C=O) groups excluding carboxylic acids is 2. The predicted octanol–water partition coefficient (Wildman–Crippen LogP) is 7.32. The molecule has 0 spiro atoms. The van der Waals surface area contributed by atoms with Gasteiger partial charge in [0.1, 0.15) is 34.3 Å². The third-order valence-electron chi connectivity index (χ3n) is 9.68. The van der Waals surface area contributed by atoms with Gasteiger partial charge in [0.25, 0.3) is 17.4 Å². The molecule has 3 aromatic heterocycles. The van der Waals surface area contributed by atoms with E-state index in [0.29, 0.717) is 77.9 Å². The van der Waals surface area contributed by atoms with Gasteiger partial charge in [0, 0.05) is 42.7 Å². The lowest BCUT2D eigenvalue weighted by atomic mass is 10.1. The van der Waals surface area contributed by atoms with Gasteiger partial charge in [0.15, 0.2) is 5.65 Å². The summed E-state index contributed by atoms with van der Waals surface area (Å²) in [4.78, 5) is 46.3. The van der Waals surface area contributed by atoms with E-state index in [-0.39, 0.29) is 22.2 Å². The lowest BCUT2D eigenvalue weighted by Gasteiger charge is -2.26. The lowest BCUT2D eigenvalue weighted by Crippen LogP contribution is -2.40. The zero-order valence-electron chi connectivity index (χ0n) is 31.3. The molecule has 0 saturated carbocycles. The maximum Gasteiger partial charge on any atom is 0.284 e. The first-order valence-corrected chi connectivity index (χ1v) is 18.6. The molecule has 0 atom stereocenters. The number of anilines is 1. The molecule has 2 amide bonds. The number of hydrogen-bond acceptors (Lipinski definition) is 9. The number of nitrogens with zero attached hydrogens (tertiary/aromatic N) is 6. The van der Waals surface area contributed by atoms with E-state index in [1.165, 1.54) is 36.5 Å². The van der Waals surface area contributed by atoms with Gasteiger partial charge in [-0.3, -0.25) is 14.4 Å².